The molecule has 1 fully saturated rings. The van der Waals surface area contributed by atoms with Crippen LogP contribution in [0.4, 0.5) is 0 Å². The summed E-state index contributed by atoms with van der Waals surface area (Å²) < 4.78 is 0.406. The monoisotopic (exact) mass is 260 g/mol. The van der Waals surface area contributed by atoms with Crippen LogP contribution >= 0.6 is 11.8 Å². The summed E-state index contributed by atoms with van der Waals surface area (Å²) in [5.41, 5.74) is 2.01. The van der Waals surface area contributed by atoms with Gasteiger partial charge >= 0.3 is 0 Å². The topological polar surface area (TPSA) is 27.0 Å². The van der Waals surface area contributed by atoms with Crippen molar-refractivity contribution in [2.75, 3.05) is 18.8 Å². The van der Waals surface area contributed by atoms with E-state index < -0.39 is 0 Å². The van der Waals surface area contributed by atoms with E-state index in [0.29, 0.717) is 4.75 Å². The van der Waals surface area contributed by atoms with Crippen molar-refractivity contribution in [2.24, 2.45) is 0 Å². The summed E-state index contributed by atoms with van der Waals surface area (Å²) in [5, 5.41) is 8.91. The molecule has 0 spiro atoms. The zero-order valence-electron chi connectivity index (χ0n) is 11.1. The quantitative estimate of drug-likeness (QED) is 0.816. The predicted molar refractivity (Wildman–Crippen MR) is 77.6 cm³/mol. The number of hydrogen-bond donors (Lipinski definition) is 0. The van der Waals surface area contributed by atoms with Gasteiger partial charge in [-0.15, -0.1) is 0 Å². The zero-order valence-corrected chi connectivity index (χ0v) is 12.0. The second-order valence-corrected chi connectivity index (χ2v) is 7.25. The van der Waals surface area contributed by atoms with Crippen LogP contribution in [0.1, 0.15) is 31.4 Å². The molecule has 1 aliphatic heterocycles. The standard InChI is InChI=1S/C15H20N2S/c1-15(2)6-7-17(8-9-18-15)12-14-5-3-4-13(10-14)11-16/h3-5,10H,6-9,12H2,1-2H3. The molecular weight excluding hydrogens is 240 g/mol. The summed E-state index contributed by atoms with van der Waals surface area (Å²) in [5.74, 6) is 1.20. The van der Waals surface area contributed by atoms with Gasteiger partial charge < -0.3 is 0 Å². The first-order valence-electron chi connectivity index (χ1n) is 6.44. The van der Waals surface area contributed by atoms with Crippen LogP contribution < -0.4 is 0 Å². The van der Waals surface area contributed by atoms with Gasteiger partial charge in [0.25, 0.3) is 0 Å². The second kappa shape index (κ2) is 5.77. The van der Waals surface area contributed by atoms with E-state index in [1.165, 1.54) is 17.7 Å². The molecule has 1 heterocycles. The molecule has 0 N–H and O–H groups in total. The minimum Gasteiger partial charge on any atom is -0.298 e. The minimum absolute atomic E-state index is 0.406. The Balaban J connectivity index is 1.99. The van der Waals surface area contributed by atoms with Gasteiger partial charge in [-0.3, -0.25) is 4.90 Å². The summed E-state index contributed by atoms with van der Waals surface area (Å²) >= 11 is 2.07. The van der Waals surface area contributed by atoms with Crippen molar-refractivity contribution in [1.82, 2.24) is 4.90 Å². The lowest BCUT2D eigenvalue weighted by Crippen LogP contribution is -2.26. The van der Waals surface area contributed by atoms with Crippen LogP contribution in [0.2, 0.25) is 0 Å². The largest absolute Gasteiger partial charge is 0.298 e. The molecule has 0 saturated carbocycles. The Hall–Kier alpha value is -0.980. The number of nitrogens with zero attached hydrogens (tertiary/aromatic N) is 2. The number of hydrogen-bond acceptors (Lipinski definition) is 3. The average Bonchev–Trinajstić information content (AvgIpc) is 2.51. The van der Waals surface area contributed by atoms with Crippen molar-refractivity contribution in [3.63, 3.8) is 0 Å². The fourth-order valence-electron chi connectivity index (χ4n) is 2.22. The van der Waals surface area contributed by atoms with Crippen LogP contribution in [0.3, 0.4) is 0 Å². The molecule has 2 nitrogen and oxygen atoms in total. The van der Waals surface area contributed by atoms with Crippen LogP contribution in [-0.4, -0.2) is 28.5 Å². The average molecular weight is 260 g/mol. The summed E-state index contributed by atoms with van der Waals surface area (Å²) in [7, 11) is 0. The Morgan fingerprint density at radius 3 is 3.00 bits per heavy atom. The maximum absolute atomic E-state index is 8.91. The van der Waals surface area contributed by atoms with Crippen molar-refractivity contribution in [3.05, 3.63) is 35.4 Å². The lowest BCUT2D eigenvalue weighted by Gasteiger charge is -2.22. The van der Waals surface area contributed by atoms with E-state index in [4.69, 9.17) is 5.26 Å². The van der Waals surface area contributed by atoms with Gasteiger partial charge in [-0.1, -0.05) is 26.0 Å². The first-order valence-corrected chi connectivity index (χ1v) is 7.43. The maximum Gasteiger partial charge on any atom is 0.0991 e. The highest BCUT2D eigenvalue weighted by Gasteiger charge is 2.23. The molecule has 3 heteroatoms. The molecular formula is C15H20N2S. The lowest BCUT2D eigenvalue weighted by molar-refractivity contribution is 0.276. The highest BCUT2D eigenvalue weighted by Crippen LogP contribution is 2.31. The summed E-state index contributed by atoms with van der Waals surface area (Å²) in [6.45, 7) is 7.92. The first-order chi connectivity index (χ1) is 8.59. The molecule has 1 saturated heterocycles. The molecule has 0 bridgehead atoms. The van der Waals surface area contributed by atoms with Crippen LogP contribution in [0, 0.1) is 11.3 Å². The Morgan fingerprint density at radius 2 is 2.22 bits per heavy atom. The van der Waals surface area contributed by atoms with Crippen molar-refractivity contribution in [2.45, 2.75) is 31.6 Å². The third kappa shape index (κ3) is 3.76. The van der Waals surface area contributed by atoms with Crippen LogP contribution in [-0.2, 0) is 6.54 Å². The molecule has 0 amide bonds. The molecule has 1 aromatic carbocycles. The second-order valence-electron chi connectivity index (χ2n) is 5.45. The third-order valence-electron chi connectivity index (χ3n) is 3.39. The van der Waals surface area contributed by atoms with Crippen molar-refractivity contribution >= 4 is 11.8 Å². The Morgan fingerprint density at radius 1 is 1.39 bits per heavy atom. The molecule has 0 aromatic heterocycles. The Bertz CT molecular complexity index is 448. The van der Waals surface area contributed by atoms with Crippen LogP contribution in [0.25, 0.3) is 0 Å². The molecule has 18 heavy (non-hydrogen) atoms. The molecule has 0 atom stereocenters. The van der Waals surface area contributed by atoms with Gasteiger partial charge in [-0.25, -0.2) is 0 Å². The molecule has 0 radical (unpaired) electrons. The molecule has 1 aliphatic rings. The van der Waals surface area contributed by atoms with E-state index in [2.05, 4.69) is 42.6 Å². The van der Waals surface area contributed by atoms with Gasteiger partial charge in [-0.2, -0.15) is 17.0 Å². The fourth-order valence-corrected chi connectivity index (χ4v) is 3.36. The van der Waals surface area contributed by atoms with E-state index in [0.717, 1.165) is 25.2 Å². The predicted octanol–water partition coefficient (Wildman–Crippen LogP) is 3.28. The van der Waals surface area contributed by atoms with Gasteiger partial charge in [0.15, 0.2) is 0 Å². The smallest absolute Gasteiger partial charge is 0.0991 e. The van der Waals surface area contributed by atoms with E-state index in [1.54, 1.807) is 0 Å². The highest BCUT2D eigenvalue weighted by atomic mass is 32.2. The van der Waals surface area contributed by atoms with E-state index >= 15 is 0 Å². The van der Waals surface area contributed by atoms with E-state index in [-0.39, 0.29) is 0 Å². The summed E-state index contributed by atoms with van der Waals surface area (Å²) in [6.07, 6.45) is 1.23. The SMILES string of the molecule is CC1(C)CCN(Cc2cccc(C#N)c2)CCS1. The fraction of sp³-hybridized carbons (Fsp3) is 0.533. The van der Waals surface area contributed by atoms with Gasteiger partial charge in [0.05, 0.1) is 11.6 Å². The number of nitriles is 1. The number of benzene rings is 1. The molecule has 2 rings (SSSR count). The van der Waals surface area contributed by atoms with Gasteiger partial charge in [0, 0.05) is 23.6 Å². The molecule has 1 aromatic rings. The minimum atomic E-state index is 0.406. The highest BCUT2D eigenvalue weighted by molar-refractivity contribution is 8.00. The maximum atomic E-state index is 8.91. The Labute approximate surface area is 114 Å². The van der Waals surface area contributed by atoms with Gasteiger partial charge in [-0.05, 0) is 30.7 Å². The Kier molecular flexibility index (Phi) is 4.31. The zero-order chi connectivity index (χ0) is 13.0. The number of thioether (sulfide) groups is 1. The van der Waals surface area contributed by atoms with Crippen LogP contribution in [0.15, 0.2) is 24.3 Å². The van der Waals surface area contributed by atoms with Gasteiger partial charge in [0.1, 0.15) is 0 Å². The van der Waals surface area contributed by atoms with Gasteiger partial charge in [0.2, 0.25) is 0 Å². The number of rotatable bonds is 2. The van der Waals surface area contributed by atoms with E-state index in [1.807, 2.05) is 18.2 Å². The molecule has 0 aliphatic carbocycles. The van der Waals surface area contributed by atoms with Crippen molar-refractivity contribution in [1.29, 1.82) is 5.26 Å². The normalized spacial score (nSPS) is 20.1. The lowest BCUT2D eigenvalue weighted by atomic mass is 10.1. The molecule has 96 valence electrons. The molecule has 0 unspecified atom stereocenters. The van der Waals surface area contributed by atoms with Crippen LogP contribution in [0.5, 0.6) is 0 Å². The third-order valence-corrected chi connectivity index (χ3v) is 4.76. The summed E-state index contributed by atoms with van der Waals surface area (Å²) in [6, 6.07) is 10.2. The first kappa shape index (κ1) is 13.5. The van der Waals surface area contributed by atoms with Crippen molar-refractivity contribution in [3.8, 4) is 6.07 Å². The van der Waals surface area contributed by atoms with E-state index in [9.17, 15) is 0 Å². The van der Waals surface area contributed by atoms with Crippen molar-refractivity contribution < 1.29 is 0 Å². The summed E-state index contributed by atoms with van der Waals surface area (Å²) in [4.78, 5) is 2.50.